The molecule has 1 aromatic heterocycles. The van der Waals surface area contributed by atoms with E-state index in [1.807, 2.05) is 6.07 Å². The Morgan fingerprint density at radius 1 is 1.35 bits per heavy atom. The molecule has 1 atom stereocenters. The summed E-state index contributed by atoms with van der Waals surface area (Å²) >= 11 is 0. The van der Waals surface area contributed by atoms with Crippen molar-refractivity contribution >= 4 is 5.91 Å². The van der Waals surface area contributed by atoms with Gasteiger partial charge in [0.05, 0.1) is 11.7 Å². The van der Waals surface area contributed by atoms with E-state index in [0.717, 1.165) is 24.0 Å². The van der Waals surface area contributed by atoms with Crippen LogP contribution in [0, 0.1) is 6.92 Å². The molecule has 2 aromatic rings. The van der Waals surface area contributed by atoms with Gasteiger partial charge in [-0.05, 0) is 37.0 Å². The average Bonchev–Trinajstić information content (AvgIpc) is 2.84. The van der Waals surface area contributed by atoms with E-state index in [9.17, 15) is 9.90 Å². The van der Waals surface area contributed by atoms with Gasteiger partial charge >= 0.3 is 0 Å². The molecule has 0 radical (unpaired) electrons. The number of benzene rings is 1. The van der Waals surface area contributed by atoms with Crippen molar-refractivity contribution in [3.8, 4) is 5.75 Å². The van der Waals surface area contributed by atoms with Gasteiger partial charge in [0.15, 0.2) is 0 Å². The fourth-order valence-electron chi connectivity index (χ4n) is 2.64. The Kier molecular flexibility index (Phi) is 3.10. The molecule has 20 heavy (non-hydrogen) atoms. The van der Waals surface area contributed by atoms with Crippen molar-refractivity contribution in [1.82, 2.24) is 15.3 Å². The molecule has 1 aliphatic carbocycles. The highest BCUT2D eigenvalue weighted by molar-refractivity contribution is 5.93. The van der Waals surface area contributed by atoms with Gasteiger partial charge in [-0.2, -0.15) is 0 Å². The molecule has 0 saturated carbocycles. The minimum Gasteiger partial charge on any atom is -0.508 e. The standard InChI is InChI=1S/C15H15N3O2/c1-9-14(17-8-7-16-9)15(20)18-12-6-5-11-10(12)3-2-4-13(11)19/h2-4,7-8,12,19H,5-6H2,1H3,(H,18,20). The number of amides is 1. The van der Waals surface area contributed by atoms with Crippen LogP contribution in [0.3, 0.4) is 0 Å². The van der Waals surface area contributed by atoms with E-state index >= 15 is 0 Å². The summed E-state index contributed by atoms with van der Waals surface area (Å²) in [6.07, 6.45) is 4.63. The van der Waals surface area contributed by atoms with E-state index in [1.54, 1.807) is 25.3 Å². The van der Waals surface area contributed by atoms with E-state index in [1.165, 1.54) is 6.20 Å². The number of aromatic nitrogens is 2. The fraction of sp³-hybridized carbons (Fsp3) is 0.267. The molecule has 0 saturated heterocycles. The van der Waals surface area contributed by atoms with Crippen molar-refractivity contribution < 1.29 is 9.90 Å². The SMILES string of the molecule is Cc1nccnc1C(=O)NC1CCc2c(O)cccc21. The van der Waals surface area contributed by atoms with Gasteiger partial charge in [0.25, 0.3) is 5.91 Å². The second-order valence-electron chi connectivity index (χ2n) is 4.90. The number of carbonyl (C=O) groups excluding carboxylic acids is 1. The molecule has 5 heteroatoms. The van der Waals surface area contributed by atoms with E-state index < -0.39 is 0 Å². The summed E-state index contributed by atoms with van der Waals surface area (Å²) in [6, 6.07) is 5.34. The molecule has 1 amide bonds. The quantitative estimate of drug-likeness (QED) is 0.873. The third kappa shape index (κ3) is 2.11. The molecule has 1 heterocycles. The molecule has 1 aliphatic rings. The number of rotatable bonds is 2. The van der Waals surface area contributed by atoms with Crippen LogP contribution in [0.5, 0.6) is 5.75 Å². The molecule has 2 N–H and O–H groups in total. The minimum atomic E-state index is -0.225. The van der Waals surface area contributed by atoms with Crippen molar-refractivity contribution in [2.24, 2.45) is 0 Å². The van der Waals surface area contributed by atoms with Crippen molar-refractivity contribution in [3.63, 3.8) is 0 Å². The molecule has 3 rings (SSSR count). The van der Waals surface area contributed by atoms with Gasteiger partial charge in [0, 0.05) is 12.4 Å². The maximum Gasteiger partial charge on any atom is 0.272 e. The lowest BCUT2D eigenvalue weighted by Crippen LogP contribution is -2.28. The Bertz CT molecular complexity index is 670. The topological polar surface area (TPSA) is 75.1 Å². The van der Waals surface area contributed by atoms with Crippen molar-refractivity contribution in [2.75, 3.05) is 0 Å². The predicted molar refractivity (Wildman–Crippen MR) is 73.4 cm³/mol. The number of phenolic OH excluding ortho intramolecular Hbond substituents is 1. The number of aromatic hydroxyl groups is 1. The number of nitrogens with zero attached hydrogens (tertiary/aromatic N) is 2. The zero-order valence-electron chi connectivity index (χ0n) is 11.1. The number of nitrogens with one attached hydrogen (secondary N) is 1. The van der Waals surface area contributed by atoms with Crippen LogP contribution in [-0.2, 0) is 6.42 Å². The Labute approximate surface area is 116 Å². The van der Waals surface area contributed by atoms with Crippen LogP contribution in [0.15, 0.2) is 30.6 Å². The van der Waals surface area contributed by atoms with E-state index in [-0.39, 0.29) is 11.9 Å². The van der Waals surface area contributed by atoms with Crippen LogP contribution in [0.2, 0.25) is 0 Å². The van der Waals surface area contributed by atoms with Gasteiger partial charge in [0.1, 0.15) is 11.4 Å². The number of fused-ring (bicyclic) bond motifs is 1. The van der Waals surface area contributed by atoms with Crippen LogP contribution in [0.4, 0.5) is 0 Å². The molecular formula is C15H15N3O2. The van der Waals surface area contributed by atoms with Crippen LogP contribution in [0.25, 0.3) is 0 Å². The molecule has 1 unspecified atom stereocenters. The molecule has 1 aromatic carbocycles. The summed E-state index contributed by atoms with van der Waals surface area (Å²) in [6.45, 7) is 1.76. The maximum absolute atomic E-state index is 12.2. The van der Waals surface area contributed by atoms with Gasteiger partial charge in [-0.1, -0.05) is 12.1 Å². The van der Waals surface area contributed by atoms with Gasteiger partial charge in [-0.3, -0.25) is 9.78 Å². The van der Waals surface area contributed by atoms with Gasteiger partial charge in [0.2, 0.25) is 0 Å². The third-order valence-electron chi connectivity index (χ3n) is 3.65. The Balaban J connectivity index is 1.83. The first-order valence-electron chi connectivity index (χ1n) is 6.56. The summed E-state index contributed by atoms with van der Waals surface area (Å²) in [5.74, 6) is 0.0757. The van der Waals surface area contributed by atoms with Crippen LogP contribution in [-0.4, -0.2) is 21.0 Å². The second-order valence-corrected chi connectivity index (χ2v) is 4.90. The summed E-state index contributed by atoms with van der Waals surface area (Å²) in [7, 11) is 0. The van der Waals surface area contributed by atoms with Crippen molar-refractivity contribution in [1.29, 1.82) is 0 Å². The number of carbonyl (C=O) groups is 1. The molecule has 0 aliphatic heterocycles. The normalized spacial score (nSPS) is 16.8. The summed E-state index contributed by atoms with van der Waals surface area (Å²) < 4.78 is 0. The minimum absolute atomic E-state index is 0.0778. The summed E-state index contributed by atoms with van der Waals surface area (Å²) in [5, 5.41) is 12.8. The lowest BCUT2D eigenvalue weighted by atomic mass is 10.1. The maximum atomic E-state index is 12.2. The van der Waals surface area contributed by atoms with Crippen LogP contribution < -0.4 is 5.32 Å². The van der Waals surface area contributed by atoms with Crippen molar-refractivity contribution in [2.45, 2.75) is 25.8 Å². The van der Waals surface area contributed by atoms with Gasteiger partial charge in [-0.25, -0.2) is 4.98 Å². The van der Waals surface area contributed by atoms with Gasteiger partial charge < -0.3 is 10.4 Å². The highest BCUT2D eigenvalue weighted by atomic mass is 16.3. The predicted octanol–water partition coefficient (Wildman–Crippen LogP) is 1.91. The van der Waals surface area contributed by atoms with E-state index in [0.29, 0.717) is 17.1 Å². The first kappa shape index (κ1) is 12.6. The zero-order chi connectivity index (χ0) is 14.1. The second kappa shape index (κ2) is 4.92. The first-order chi connectivity index (χ1) is 9.66. The Morgan fingerprint density at radius 2 is 2.15 bits per heavy atom. The highest BCUT2D eigenvalue weighted by Crippen LogP contribution is 2.36. The van der Waals surface area contributed by atoms with Crippen molar-refractivity contribution in [3.05, 3.63) is 53.1 Å². The summed E-state index contributed by atoms with van der Waals surface area (Å²) in [5.41, 5.74) is 2.87. The smallest absolute Gasteiger partial charge is 0.272 e. The van der Waals surface area contributed by atoms with E-state index in [4.69, 9.17) is 0 Å². The van der Waals surface area contributed by atoms with E-state index in [2.05, 4.69) is 15.3 Å². The molecule has 102 valence electrons. The number of phenols is 1. The lowest BCUT2D eigenvalue weighted by molar-refractivity contribution is 0.0930. The number of aryl methyl sites for hydroxylation is 1. The molecule has 0 spiro atoms. The zero-order valence-corrected chi connectivity index (χ0v) is 11.1. The van der Waals surface area contributed by atoms with Gasteiger partial charge in [-0.15, -0.1) is 0 Å². The van der Waals surface area contributed by atoms with Crippen LogP contribution >= 0.6 is 0 Å². The Morgan fingerprint density at radius 3 is 2.95 bits per heavy atom. The lowest BCUT2D eigenvalue weighted by Gasteiger charge is -2.14. The molecule has 5 nitrogen and oxygen atoms in total. The van der Waals surface area contributed by atoms with Crippen LogP contribution in [0.1, 0.15) is 39.8 Å². The summed E-state index contributed by atoms with van der Waals surface area (Å²) in [4.78, 5) is 20.4. The highest BCUT2D eigenvalue weighted by Gasteiger charge is 2.26. The fourth-order valence-corrected chi connectivity index (χ4v) is 2.64. The largest absolute Gasteiger partial charge is 0.508 e. The average molecular weight is 269 g/mol. The third-order valence-corrected chi connectivity index (χ3v) is 3.65. The first-order valence-corrected chi connectivity index (χ1v) is 6.56. The number of hydrogen-bond acceptors (Lipinski definition) is 4. The monoisotopic (exact) mass is 269 g/mol. The molecule has 0 bridgehead atoms. The molecular weight excluding hydrogens is 254 g/mol. The number of hydrogen-bond donors (Lipinski definition) is 2. The molecule has 0 fully saturated rings. The Hall–Kier alpha value is -2.43.